The van der Waals surface area contributed by atoms with Crippen LogP contribution in [0.5, 0.6) is 0 Å². The Bertz CT molecular complexity index is 1570. The molecule has 0 spiro atoms. The van der Waals surface area contributed by atoms with Crippen LogP contribution in [0.3, 0.4) is 0 Å². The van der Waals surface area contributed by atoms with E-state index in [-0.39, 0.29) is 18.9 Å². The van der Waals surface area contributed by atoms with Crippen molar-refractivity contribution in [1.29, 1.82) is 0 Å². The van der Waals surface area contributed by atoms with Gasteiger partial charge in [0.05, 0.1) is 30.8 Å². The number of ether oxygens (including phenoxy) is 1. The monoisotopic (exact) mass is 481 g/mol. The average Bonchev–Trinajstić information content (AvgIpc) is 3.20. The van der Waals surface area contributed by atoms with Crippen molar-refractivity contribution in [2.45, 2.75) is 19.9 Å². The summed E-state index contributed by atoms with van der Waals surface area (Å²) in [6, 6.07) is 25.4. The Balaban J connectivity index is 1.32. The van der Waals surface area contributed by atoms with Gasteiger partial charge in [0.1, 0.15) is 5.82 Å². The zero-order valence-electron chi connectivity index (χ0n) is 19.7. The number of rotatable bonds is 7. The van der Waals surface area contributed by atoms with E-state index in [1.54, 1.807) is 17.7 Å². The van der Waals surface area contributed by atoms with E-state index in [2.05, 4.69) is 10.4 Å². The number of anilines is 1. The molecule has 0 radical (unpaired) electrons. The summed E-state index contributed by atoms with van der Waals surface area (Å²) in [6.07, 6.45) is -0.0272. The molecule has 6 nitrogen and oxygen atoms in total. The van der Waals surface area contributed by atoms with Crippen LogP contribution in [0.2, 0.25) is 0 Å². The van der Waals surface area contributed by atoms with Gasteiger partial charge in [-0.25, -0.2) is 4.39 Å². The molecule has 0 atom stereocenters. The summed E-state index contributed by atoms with van der Waals surface area (Å²) in [4.78, 5) is 24.8. The number of carbonyl (C=O) groups is 2. The summed E-state index contributed by atoms with van der Waals surface area (Å²) in [5.74, 6) is -0.976. The van der Waals surface area contributed by atoms with Crippen LogP contribution in [0.25, 0.3) is 21.7 Å². The number of nitrogens with zero attached hydrogens (tertiary/aromatic N) is 2. The van der Waals surface area contributed by atoms with Crippen molar-refractivity contribution in [3.05, 3.63) is 108 Å². The Hall–Kier alpha value is -4.52. The van der Waals surface area contributed by atoms with E-state index in [0.29, 0.717) is 28.9 Å². The van der Waals surface area contributed by atoms with E-state index in [1.165, 1.54) is 12.1 Å². The molecule has 0 saturated heterocycles. The van der Waals surface area contributed by atoms with Crippen LogP contribution < -0.4 is 5.32 Å². The van der Waals surface area contributed by atoms with Gasteiger partial charge in [0, 0.05) is 16.6 Å². The van der Waals surface area contributed by atoms with Gasteiger partial charge in [0.25, 0.3) is 5.91 Å². The Morgan fingerprint density at radius 1 is 0.944 bits per heavy atom. The minimum absolute atomic E-state index is 0.0272. The molecule has 1 amide bonds. The number of benzene rings is 4. The highest BCUT2D eigenvalue weighted by Crippen LogP contribution is 2.23. The molecule has 0 bridgehead atoms. The van der Waals surface area contributed by atoms with E-state index < -0.39 is 11.8 Å². The number of fused-ring (bicyclic) bond motifs is 2. The van der Waals surface area contributed by atoms with E-state index in [0.717, 1.165) is 21.9 Å². The number of carbonyl (C=O) groups excluding carboxylic acids is 2. The lowest BCUT2D eigenvalue weighted by Gasteiger charge is -2.08. The summed E-state index contributed by atoms with van der Waals surface area (Å²) in [7, 11) is 0. The zero-order chi connectivity index (χ0) is 25.1. The van der Waals surface area contributed by atoms with Crippen molar-refractivity contribution in [2.75, 3.05) is 11.9 Å². The lowest BCUT2D eigenvalue weighted by atomic mass is 10.1. The largest absolute Gasteiger partial charge is 0.466 e. The van der Waals surface area contributed by atoms with Gasteiger partial charge in [-0.3, -0.25) is 14.3 Å². The molecule has 0 aliphatic carbocycles. The average molecular weight is 482 g/mol. The highest BCUT2D eigenvalue weighted by atomic mass is 19.1. The van der Waals surface area contributed by atoms with Gasteiger partial charge in [0.2, 0.25) is 0 Å². The number of hydrogen-bond donors (Lipinski definition) is 1. The molecule has 0 aliphatic heterocycles. The fourth-order valence-corrected chi connectivity index (χ4v) is 4.22. The van der Waals surface area contributed by atoms with Crippen molar-refractivity contribution in [2.24, 2.45) is 0 Å². The first-order valence-corrected chi connectivity index (χ1v) is 11.7. The molecule has 36 heavy (non-hydrogen) atoms. The molecule has 4 aromatic carbocycles. The highest BCUT2D eigenvalue weighted by molar-refractivity contribution is 6.06. The van der Waals surface area contributed by atoms with E-state index in [4.69, 9.17) is 4.74 Å². The second kappa shape index (κ2) is 10.00. The van der Waals surface area contributed by atoms with Gasteiger partial charge >= 0.3 is 5.97 Å². The second-order valence-corrected chi connectivity index (χ2v) is 8.46. The van der Waals surface area contributed by atoms with Crippen molar-refractivity contribution < 1.29 is 18.7 Å². The molecule has 5 rings (SSSR count). The molecule has 1 aromatic heterocycles. The first-order chi connectivity index (χ1) is 17.5. The number of aromatic nitrogens is 2. The zero-order valence-corrected chi connectivity index (χ0v) is 19.7. The predicted octanol–water partition coefficient (Wildman–Crippen LogP) is 5.73. The van der Waals surface area contributed by atoms with E-state index >= 15 is 0 Å². The maximum Gasteiger partial charge on any atom is 0.311 e. The second-order valence-electron chi connectivity index (χ2n) is 8.46. The Morgan fingerprint density at radius 3 is 2.50 bits per heavy atom. The normalized spacial score (nSPS) is 11.1. The Labute approximate surface area is 207 Å². The van der Waals surface area contributed by atoms with Crippen LogP contribution in [-0.4, -0.2) is 28.3 Å². The lowest BCUT2D eigenvalue weighted by molar-refractivity contribution is -0.142. The number of nitrogens with one attached hydrogen (secondary N) is 1. The molecule has 0 aliphatic rings. The lowest BCUT2D eigenvalue weighted by Crippen LogP contribution is -2.12. The Kier molecular flexibility index (Phi) is 6.45. The quantitative estimate of drug-likeness (QED) is 0.301. The van der Waals surface area contributed by atoms with Crippen LogP contribution in [0, 0.1) is 5.82 Å². The smallest absolute Gasteiger partial charge is 0.311 e. The summed E-state index contributed by atoms with van der Waals surface area (Å²) in [6.45, 7) is 2.43. The molecule has 1 heterocycles. The van der Waals surface area contributed by atoms with Crippen molar-refractivity contribution in [3.63, 3.8) is 0 Å². The predicted molar refractivity (Wildman–Crippen MR) is 137 cm³/mol. The number of esters is 1. The van der Waals surface area contributed by atoms with Crippen LogP contribution in [0.15, 0.2) is 84.9 Å². The minimum Gasteiger partial charge on any atom is -0.466 e. The summed E-state index contributed by atoms with van der Waals surface area (Å²) >= 11 is 0. The SMILES string of the molecule is CCOC(=O)Cc1nn(Cc2ccc(NC(=O)c3ccc4ccccc4c3)cc2)c2ccc(F)cc12. The first-order valence-electron chi connectivity index (χ1n) is 11.7. The fraction of sp³-hybridized carbons (Fsp3) is 0.138. The molecule has 0 fully saturated rings. The highest BCUT2D eigenvalue weighted by Gasteiger charge is 2.16. The molecule has 5 aromatic rings. The van der Waals surface area contributed by atoms with Crippen LogP contribution in [0.4, 0.5) is 10.1 Å². The van der Waals surface area contributed by atoms with Crippen molar-refractivity contribution in [3.8, 4) is 0 Å². The molecular weight excluding hydrogens is 457 g/mol. The molecule has 7 heteroatoms. The van der Waals surface area contributed by atoms with Gasteiger partial charge in [-0.2, -0.15) is 5.10 Å². The molecule has 0 saturated carbocycles. The standard InChI is InChI=1S/C29H24FN3O3/c1-2-36-28(34)17-26-25-16-23(30)11-14-27(25)33(32-26)18-19-7-12-24(13-8-19)31-29(35)22-10-9-20-5-3-4-6-21(20)15-22/h3-16H,2,17-18H2,1H3,(H,31,35). The third kappa shape index (κ3) is 4.95. The fourth-order valence-electron chi connectivity index (χ4n) is 4.22. The number of halogens is 1. The van der Waals surface area contributed by atoms with Crippen molar-refractivity contribution in [1.82, 2.24) is 9.78 Å². The van der Waals surface area contributed by atoms with Crippen molar-refractivity contribution >= 4 is 39.2 Å². The topological polar surface area (TPSA) is 73.2 Å². The van der Waals surface area contributed by atoms with Gasteiger partial charge in [0.15, 0.2) is 0 Å². The van der Waals surface area contributed by atoms with Gasteiger partial charge in [-0.15, -0.1) is 0 Å². The summed E-state index contributed by atoms with van der Waals surface area (Å²) in [5.41, 5.74) is 3.40. The van der Waals surface area contributed by atoms with Gasteiger partial charge < -0.3 is 10.1 Å². The third-order valence-electron chi connectivity index (χ3n) is 5.96. The van der Waals surface area contributed by atoms with Crippen LogP contribution in [0.1, 0.15) is 28.5 Å². The summed E-state index contributed by atoms with van der Waals surface area (Å²) < 4.78 is 20.7. The molecule has 0 unspecified atom stereocenters. The maximum absolute atomic E-state index is 13.9. The van der Waals surface area contributed by atoms with Gasteiger partial charge in [-0.05, 0) is 65.7 Å². The van der Waals surface area contributed by atoms with Crippen LogP contribution >= 0.6 is 0 Å². The molecular formula is C29H24FN3O3. The van der Waals surface area contributed by atoms with Gasteiger partial charge in [-0.1, -0.05) is 42.5 Å². The Morgan fingerprint density at radius 2 is 1.72 bits per heavy atom. The van der Waals surface area contributed by atoms with E-state index in [9.17, 15) is 14.0 Å². The van der Waals surface area contributed by atoms with E-state index in [1.807, 2.05) is 66.7 Å². The molecule has 1 N–H and O–H groups in total. The minimum atomic E-state index is -0.403. The number of hydrogen-bond acceptors (Lipinski definition) is 4. The van der Waals surface area contributed by atoms with Crippen LogP contribution in [-0.2, 0) is 22.5 Å². The number of amides is 1. The third-order valence-corrected chi connectivity index (χ3v) is 5.96. The maximum atomic E-state index is 13.9. The first kappa shape index (κ1) is 23.2. The molecule has 180 valence electrons. The summed E-state index contributed by atoms with van der Waals surface area (Å²) in [5, 5.41) is 10.2.